The maximum Gasteiger partial charge on any atom is 0.316 e. The number of ether oxygens (including phenoxy) is 1. The van der Waals surface area contributed by atoms with E-state index in [1.165, 1.54) is 34.9 Å². The Hall–Kier alpha value is -2.47. The Morgan fingerprint density at radius 3 is 2.59 bits per heavy atom. The molecular formula is C23H28N4O2. The van der Waals surface area contributed by atoms with Crippen LogP contribution in [0.15, 0.2) is 22.6 Å². The summed E-state index contributed by atoms with van der Waals surface area (Å²) in [5.74, 6) is 1.16. The van der Waals surface area contributed by atoms with Crippen LogP contribution in [-0.2, 0) is 10.2 Å². The van der Waals surface area contributed by atoms with Crippen molar-refractivity contribution in [2.75, 3.05) is 18.5 Å². The highest BCUT2D eigenvalue weighted by Gasteiger charge is 2.28. The molecule has 1 atom stereocenters. The Labute approximate surface area is 171 Å². The molecule has 1 unspecified atom stereocenters. The van der Waals surface area contributed by atoms with Crippen molar-refractivity contribution in [1.82, 2.24) is 15.2 Å². The maximum atomic E-state index is 5.88. The van der Waals surface area contributed by atoms with Gasteiger partial charge < -0.3 is 14.5 Å². The SMILES string of the molecule is Cc1cc(-c2nnc(NC3CCOC3)o2)nc2c(C(C)(C)C)cc(C3CC3)cc12. The highest BCUT2D eigenvalue weighted by Crippen LogP contribution is 2.44. The minimum atomic E-state index is 0.00520. The molecule has 3 heterocycles. The molecule has 1 saturated heterocycles. The average molecular weight is 393 g/mol. The number of anilines is 1. The van der Waals surface area contributed by atoms with Crippen molar-refractivity contribution in [3.63, 3.8) is 0 Å². The minimum absolute atomic E-state index is 0.00520. The van der Waals surface area contributed by atoms with Crippen LogP contribution in [0.4, 0.5) is 6.01 Å². The van der Waals surface area contributed by atoms with E-state index in [9.17, 15) is 0 Å². The number of aromatic nitrogens is 3. The first kappa shape index (κ1) is 18.6. The van der Waals surface area contributed by atoms with E-state index in [2.05, 4.69) is 61.4 Å². The highest BCUT2D eigenvalue weighted by molar-refractivity contribution is 5.88. The molecule has 1 aliphatic carbocycles. The van der Waals surface area contributed by atoms with Gasteiger partial charge in [-0.1, -0.05) is 31.9 Å². The summed E-state index contributed by atoms with van der Waals surface area (Å²) < 4.78 is 11.3. The largest absolute Gasteiger partial charge is 0.402 e. The van der Waals surface area contributed by atoms with Gasteiger partial charge in [0.2, 0.25) is 0 Å². The van der Waals surface area contributed by atoms with Crippen LogP contribution in [-0.4, -0.2) is 34.4 Å². The van der Waals surface area contributed by atoms with Gasteiger partial charge in [0.25, 0.3) is 5.89 Å². The Morgan fingerprint density at radius 1 is 1.07 bits per heavy atom. The zero-order chi connectivity index (χ0) is 20.2. The number of aryl methyl sites for hydroxylation is 1. The van der Waals surface area contributed by atoms with E-state index in [1.54, 1.807) is 0 Å². The summed E-state index contributed by atoms with van der Waals surface area (Å²) in [7, 11) is 0. The van der Waals surface area contributed by atoms with Crippen molar-refractivity contribution >= 4 is 16.9 Å². The van der Waals surface area contributed by atoms with E-state index in [0.29, 0.717) is 24.4 Å². The lowest BCUT2D eigenvalue weighted by molar-refractivity contribution is 0.195. The second-order valence-corrected chi connectivity index (χ2v) is 9.43. The Kier molecular flexibility index (Phi) is 4.35. The number of benzene rings is 1. The molecule has 6 nitrogen and oxygen atoms in total. The summed E-state index contributed by atoms with van der Waals surface area (Å²) in [6, 6.07) is 7.39. The number of rotatable bonds is 4. The van der Waals surface area contributed by atoms with E-state index >= 15 is 0 Å². The van der Waals surface area contributed by atoms with Gasteiger partial charge in [0.1, 0.15) is 5.69 Å². The first-order valence-corrected chi connectivity index (χ1v) is 10.5. The van der Waals surface area contributed by atoms with E-state index in [-0.39, 0.29) is 11.5 Å². The molecule has 1 N–H and O–H groups in total. The molecule has 1 aliphatic heterocycles. The molecule has 0 spiro atoms. The molecule has 152 valence electrons. The van der Waals surface area contributed by atoms with Crippen LogP contribution in [0.3, 0.4) is 0 Å². The van der Waals surface area contributed by atoms with Gasteiger partial charge in [-0.15, -0.1) is 5.10 Å². The van der Waals surface area contributed by atoms with Gasteiger partial charge in [-0.3, -0.25) is 0 Å². The number of hydrogen-bond acceptors (Lipinski definition) is 6. The Morgan fingerprint density at radius 2 is 1.90 bits per heavy atom. The quantitative estimate of drug-likeness (QED) is 0.676. The van der Waals surface area contributed by atoms with E-state index in [1.807, 2.05) is 0 Å². The number of nitrogens with one attached hydrogen (secondary N) is 1. The number of fused-ring (bicyclic) bond motifs is 1. The summed E-state index contributed by atoms with van der Waals surface area (Å²) in [6.45, 7) is 10.3. The lowest BCUT2D eigenvalue weighted by atomic mass is 9.83. The van der Waals surface area contributed by atoms with Gasteiger partial charge in [0, 0.05) is 12.0 Å². The number of hydrogen-bond donors (Lipinski definition) is 1. The zero-order valence-electron chi connectivity index (χ0n) is 17.6. The van der Waals surface area contributed by atoms with E-state index in [4.69, 9.17) is 14.1 Å². The second-order valence-electron chi connectivity index (χ2n) is 9.43. The summed E-state index contributed by atoms with van der Waals surface area (Å²) in [6.07, 6.45) is 3.54. The topological polar surface area (TPSA) is 73.1 Å². The van der Waals surface area contributed by atoms with Crippen LogP contribution in [0, 0.1) is 6.92 Å². The fraction of sp³-hybridized carbons (Fsp3) is 0.522. The van der Waals surface area contributed by atoms with Crippen molar-refractivity contribution in [2.24, 2.45) is 0 Å². The van der Waals surface area contributed by atoms with Crippen LogP contribution < -0.4 is 5.32 Å². The van der Waals surface area contributed by atoms with E-state index in [0.717, 1.165) is 24.2 Å². The standard InChI is InChI=1S/C23H28N4O2/c1-13-9-19(21-26-27-22(29-21)24-16-7-8-28-12-16)25-20-17(13)10-15(14-5-6-14)11-18(20)23(2,3)4/h9-11,14,16H,5-8,12H2,1-4H3,(H,24,27). The molecular weight excluding hydrogens is 364 g/mol. The summed E-state index contributed by atoms with van der Waals surface area (Å²) in [4.78, 5) is 4.99. The summed E-state index contributed by atoms with van der Waals surface area (Å²) in [5, 5.41) is 12.9. The minimum Gasteiger partial charge on any atom is -0.402 e. The molecule has 1 aromatic carbocycles. The molecule has 5 rings (SSSR count). The molecule has 6 heteroatoms. The van der Waals surface area contributed by atoms with Crippen molar-refractivity contribution in [3.8, 4) is 11.6 Å². The molecule has 0 amide bonds. The molecule has 0 bridgehead atoms. The highest BCUT2D eigenvalue weighted by atomic mass is 16.5. The van der Waals surface area contributed by atoms with Crippen LogP contribution >= 0.6 is 0 Å². The molecule has 0 radical (unpaired) electrons. The van der Waals surface area contributed by atoms with Crippen LogP contribution in [0.25, 0.3) is 22.5 Å². The maximum absolute atomic E-state index is 5.88. The third kappa shape index (κ3) is 3.62. The van der Waals surface area contributed by atoms with Gasteiger partial charge in [-0.05, 0) is 66.3 Å². The van der Waals surface area contributed by atoms with Gasteiger partial charge in [-0.25, -0.2) is 4.98 Å². The molecule has 29 heavy (non-hydrogen) atoms. The first-order chi connectivity index (χ1) is 13.9. The molecule has 2 aromatic heterocycles. The van der Waals surface area contributed by atoms with E-state index < -0.39 is 0 Å². The third-order valence-electron chi connectivity index (χ3n) is 5.90. The predicted octanol–water partition coefficient (Wildman–Crippen LogP) is 4.97. The predicted molar refractivity (Wildman–Crippen MR) is 113 cm³/mol. The normalized spacial score (nSPS) is 19.8. The number of pyridine rings is 1. The molecule has 2 fully saturated rings. The lowest BCUT2D eigenvalue weighted by Gasteiger charge is -2.23. The van der Waals surface area contributed by atoms with Gasteiger partial charge in [0.15, 0.2) is 0 Å². The third-order valence-corrected chi connectivity index (χ3v) is 5.90. The molecule has 2 aliphatic rings. The Bertz CT molecular complexity index is 1060. The fourth-order valence-electron chi connectivity index (χ4n) is 4.06. The summed E-state index contributed by atoms with van der Waals surface area (Å²) >= 11 is 0. The van der Waals surface area contributed by atoms with Crippen LogP contribution in [0.5, 0.6) is 0 Å². The van der Waals surface area contributed by atoms with Gasteiger partial charge in [0.05, 0.1) is 18.2 Å². The second kappa shape index (κ2) is 6.80. The van der Waals surface area contributed by atoms with Gasteiger partial charge >= 0.3 is 6.01 Å². The average Bonchev–Trinajstić information content (AvgIpc) is 3.20. The Balaban J connectivity index is 1.57. The monoisotopic (exact) mass is 392 g/mol. The fourth-order valence-corrected chi connectivity index (χ4v) is 4.06. The van der Waals surface area contributed by atoms with Gasteiger partial charge in [-0.2, -0.15) is 0 Å². The summed E-state index contributed by atoms with van der Waals surface area (Å²) in [5.41, 5.74) is 5.68. The van der Waals surface area contributed by atoms with Crippen LogP contribution in [0.1, 0.15) is 62.6 Å². The zero-order valence-corrected chi connectivity index (χ0v) is 17.6. The lowest BCUT2D eigenvalue weighted by Crippen LogP contribution is -2.18. The first-order valence-electron chi connectivity index (χ1n) is 10.5. The molecule has 1 saturated carbocycles. The van der Waals surface area contributed by atoms with Crippen molar-refractivity contribution in [2.45, 2.75) is 64.3 Å². The van der Waals surface area contributed by atoms with Crippen molar-refractivity contribution in [1.29, 1.82) is 0 Å². The van der Waals surface area contributed by atoms with Crippen molar-refractivity contribution in [3.05, 3.63) is 34.9 Å². The van der Waals surface area contributed by atoms with Crippen molar-refractivity contribution < 1.29 is 9.15 Å². The van der Waals surface area contributed by atoms with Crippen LogP contribution in [0.2, 0.25) is 0 Å². The smallest absolute Gasteiger partial charge is 0.316 e. The number of nitrogens with zero attached hydrogens (tertiary/aromatic N) is 3. The molecule has 3 aromatic rings.